The van der Waals surface area contributed by atoms with Gasteiger partial charge in [-0.3, -0.25) is 0 Å². The molecule has 1 atom stereocenters. The largest absolute Gasteiger partial charge is 0.325 e. The van der Waals surface area contributed by atoms with Gasteiger partial charge in [0.05, 0.1) is 0 Å². The maximum absolute atomic E-state index is 12.3. The lowest BCUT2D eigenvalue weighted by atomic mass is 10.2. The molecule has 0 fully saturated rings. The standard InChI is InChI=1S/C15H17N2O3S2/c1-11-5-7-13(8-6-11)17-14(10-12(2)16-17)20-22(18,19)15-4-3-9-21-15/h5-10,14H,3-4H2,1-2H3/q+1/t14-/m0/s1. The lowest BCUT2D eigenvalue weighted by molar-refractivity contribution is -0.566. The van der Waals surface area contributed by atoms with Gasteiger partial charge >= 0.3 is 16.3 Å². The summed E-state index contributed by atoms with van der Waals surface area (Å²) in [5, 5.41) is 6.24. The molecule has 2 aliphatic rings. The van der Waals surface area contributed by atoms with E-state index in [1.807, 2.05) is 43.5 Å². The van der Waals surface area contributed by atoms with E-state index < -0.39 is 16.3 Å². The number of hydrogen-bond donors (Lipinski definition) is 0. The third-order valence-corrected chi connectivity index (χ3v) is 6.36. The van der Waals surface area contributed by atoms with E-state index >= 15 is 0 Å². The molecule has 1 aromatic rings. The molecule has 0 bridgehead atoms. The molecule has 0 aliphatic carbocycles. The number of hydrogen-bond acceptors (Lipinski definition) is 4. The Labute approximate surface area is 133 Å². The van der Waals surface area contributed by atoms with E-state index in [-0.39, 0.29) is 0 Å². The van der Waals surface area contributed by atoms with Gasteiger partial charge in [-0.1, -0.05) is 22.4 Å². The van der Waals surface area contributed by atoms with Gasteiger partial charge in [-0.05, 0) is 37.2 Å². The van der Waals surface area contributed by atoms with Crippen molar-refractivity contribution in [3.8, 4) is 0 Å². The molecule has 0 radical (unpaired) electrons. The van der Waals surface area contributed by atoms with E-state index in [2.05, 4.69) is 5.11 Å². The molecule has 0 saturated carbocycles. The van der Waals surface area contributed by atoms with Gasteiger partial charge in [0.15, 0.2) is 0 Å². The third kappa shape index (κ3) is 3.11. The van der Waals surface area contributed by atoms with Crippen molar-refractivity contribution in [1.29, 1.82) is 0 Å². The van der Waals surface area contributed by atoms with E-state index in [4.69, 9.17) is 4.18 Å². The van der Waals surface area contributed by atoms with Crippen LogP contribution in [0, 0.1) is 6.92 Å². The lowest BCUT2D eigenvalue weighted by Gasteiger charge is -2.08. The summed E-state index contributed by atoms with van der Waals surface area (Å²) in [5.74, 6) is 0. The minimum absolute atomic E-state index is 0.370. The van der Waals surface area contributed by atoms with Crippen LogP contribution < -0.4 is 0 Å². The number of rotatable bonds is 3. The Hall–Kier alpha value is -1.57. The number of benzene rings is 1. The second kappa shape index (κ2) is 5.91. The summed E-state index contributed by atoms with van der Waals surface area (Å²) in [4.78, 5) is 0. The maximum atomic E-state index is 12.3. The Bertz CT molecular complexity index is 830. The third-order valence-electron chi connectivity index (χ3n) is 3.37. The molecule has 1 aromatic carbocycles. The predicted octanol–water partition coefficient (Wildman–Crippen LogP) is 3.14. The predicted molar refractivity (Wildman–Crippen MR) is 89.0 cm³/mol. The fourth-order valence-electron chi connectivity index (χ4n) is 2.26. The highest BCUT2D eigenvalue weighted by molar-refractivity contribution is 8.19. The molecule has 3 rings (SSSR count). The fourth-order valence-corrected chi connectivity index (χ4v) is 4.59. The Balaban J connectivity index is 1.88. The molecule has 116 valence electrons. The normalized spacial score (nSPS) is 21.2. The van der Waals surface area contributed by atoms with E-state index in [0.717, 1.165) is 23.4 Å². The van der Waals surface area contributed by atoms with Crippen molar-refractivity contribution in [3.63, 3.8) is 0 Å². The first-order valence-electron chi connectivity index (χ1n) is 6.99. The van der Waals surface area contributed by atoms with E-state index in [9.17, 15) is 8.42 Å². The SMILES string of the molecule is CC1=C[C@H](OS(=O)(=O)C2=S=CCC2)[N+](c2ccc(C)cc2)=N1. The van der Waals surface area contributed by atoms with E-state index in [1.165, 1.54) is 10.9 Å². The zero-order valence-electron chi connectivity index (χ0n) is 12.4. The summed E-state index contributed by atoms with van der Waals surface area (Å²) in [5.41, 5.74) is 2.66. The van der Waals surface area contributed by atoms with Crippen LogP contribution >= 0.6 is 10.9 Å². The molecule has 0 spiro atoms. The van der Waals surface area contributed by atoms with Crippen LogP contribution in [0.15, 0.2) is 41.2 Å². The molecule has 2 heterocycles. The van der Waals surface area contributed by atoms with Crippen molar-refractivity contribution >= 4 is 36.3 Å². The molecule has 22 heavy (non-hydrogen) atoms. The molecule has 0 aromatic heterocycles. The Kier molecular flexibility index (Phi) is 4.12. The van der Waals surface area contributed by atoms with Gasteiger partial charge in [-0.25, -0.2) is 0 Å². The van der Waals surface area contributed by atoms with Gasteiger partial charge in [0.1, 0.15) is 9.89 Å². The van der Waals surface area contributed by atoms with Crippen molar-refractivity contribution in [2.75, 3.05) is 0 Å². The lowest BCUT2D eigenvalue weighted by Crippen LogP contribution is -2.27. The summed E-state index contributed by atoms with van der Waals surface area (Å²) in [6, 6.07) is 7.72. The monoisotopic (exact) mass is 337 g/mol. The number of aryl methyl sites for hydroxylation is 1. The molecule has 0 N–H and O–H groups in total. The summed E-state index contributed by atoms with van der Waals surface area (Å²) in [6.45, 7) is 3.82. The summed E-state index contributed by atoms with van der Waals surface area (Å²) >= 11 is 0. The van der Waals surface area contributed by atoms with E-state index in [0.29, 0.717) is 10.6 Å². The molecule has 2 aliphatic heterocycles. The first-order chi connectivity index (χ1) is 10.5. The molecule has 0 unspecified atom stereocenters. The highest BCUT2D eigenvalue weighted by Crippen LogP contribution is 2.26. The summed E-state index contributed by atoms with van der Waals surface area (Å²) in [6.07, 6.45) is 2.25. The Morgan fingerprint density at radius 3 is 2.64 bits per heavy atom. The average Bonchev–Trinajstić information content (AvgIpc) is 3.09. The van der Waals surface area contributed by atoms with Gasteiger partial charge in [0.25, 0.3) is 0 Å². The van der Waals surface area contributed by atoms with Crippen LogP contribution in [0.2, 0.25) is 0 Å². The fraction of sp³-hybridized carbons (Fsp3) is 0.333. The van der Waals surface area contributed by atoms with Gasteiger partial charge in [0.2, 0.25) is 5.69 Å². The van der Waals surface area contributed by atoms with Gasteiger partial charge < -0.3 is 0 Å². The van der Waals surface area contributed by atoms with Crippen LogP contribution in [0.3, 0.4) is 0 Å². The average molecular weight is 337 g/mol. The smallest absolute Gasteiger partial charge is 0.193 e. The highest BCUT2D eigenvalue weighted by atomic mass is 32.2. The molecular formula is C15H17N2O3S2+. The molecule has 7 heteroatoms. The zero-order valence-corrected chi connectivity index (χ0v) is 14.0. The highest BCUT2D eigenvalue weighted by Gasteiger charge is 2.36. The van der Waals surface area contributed by atoms with Crippen LogP contribution in [0.5, 0.6) is 0 Å². The quantitative estimate of drug-likeness (QED) is 0.484. The molecule has 0 saturated heterocycles. The first kappa shape index (κ1) is 15.3. The minimum Gasteiger partial charge on any atom is -0.193 e. The van der Waals surface area contributed by atoms with Crippen molar-refractivity contribution in [3.05, 3.63) is 41.6 Å². The van der Waals surface area contributed by atoms with Crippen LogP contribution in [0.1, 0.15) is 25.3 Å². The Morgan fingerprint density at radius 1 is 1.27 bits per heavy atom. The maximum Gasteiger partial charge on any atom is 0.325 e. The number of nitrogens with zero attached hydrogens (tertiary/aromatic N) is 2. The number of azo groups is 2. The Morgan fingerprint density at radius 2 is 2.00 bits per heavy atom. The van der Waals surface area contributed by atoms with Crippen LogP contribution in [-0.2, 0) is 14.3 Å². The van der Waals surface area contributed by atoms with Crippen LogP contribution in [0.4, 0.5) is 5.69 Å². The van der Waals surface area contributed by atoms with Crippen LogP contribution in [0.25, 0.3) is 0 Å². The minimum atomic E-state index is -3.71. The van der Waals surface area contributed by atoms with Crippen molar-refractivity contribution in [2.24, 2.45) is 5.11 Å². The van der Waals surface area contributed by atoms with Crippen molar-refractivity contribution in [2.45, 2.75) is 32.9 Å². The second-order valence-electron chi connectivity index (χ2n) is 5.22. The summed E-state index contributed by atoms with van der Waals surface area (Å²) < 4.78 is 32.0. The first-order valence-corrected chi connectivity index (χ1v) is 9.28. The molecule has 5 nitrogen and oxygen atoms in total. The van der Waals surface area contributed by atoms with Gasteiger partial charge in [-0.2, -0.15) is 12.6 Å². The molecule has 0 amide bonds. The van der Waals surface area contributed by atoms with E-state index in [1.54, 1.807) is 10.8 Å². The summed E-state index contributed by atoms with van der Waals surface area (Å²) in [7, 11) is -2.47. The number of allylic oxidation sites excluding steroid dienone is 1. The van der Waals surface area contributed by atoms with Crippen LogP contribution in [-0.4, -0.2) is 28.9 Å². The zero-order chi connectivity index (χ0) is 15.7. The second-order valence-corrected chi connectivity index (χ2v) is 8.14. The topological polar surface area (TPSA) is 58.7 Å². The van der Waals surface area contributed by atoms with Gasteiger partial charge in [0, 0.05) is 18.2 Å². The van der Waals surface area contributed by atoms with Crippen molar-refractivity contribution < 1.29 is 17.3 Å². The van der Waals surface area contributed by atoms with Gasteiger partial charge in [-0.15, -0.1) is 10.9 Å². The molecular weight excluding hydrogens is 320 g/mol. The van der Waals surface area contributed by atoms with Crippen molar-refractivity contribution in [1.82, 2.24) is 0 Å².